The fourth-order valence-corrected chi connectivity index (χ4v) is 1.96. The van der Waals surface area contributed by atoms with Crippen LogP contribution in [0.3, 0.4) is 0 Å². The summed E-state index contributed by atoms with van der Waals surface area (Å²) >= 11 is 2.10. The Labute approximate surface area is 107 Å². The predicted octanol–water partition coefficient (Wildman–Crippen LogP) is -1.59. The van der Waals surface area contributed by atoms with Crippen LogP contribution in [-0.4, -0.2) is 68.1 Å². The molecular formula is C9H16N2O5Se. The number of carboxylic acid groups (broad SMARTS) is 2. The molecule has 0 bridgehead atoms. The van der Waals surface area contributed by atoms with Crippen molar-refractivity contribution in [1.82, 2.24) is 4.90 Å². The van der Waals surface area contributed by atoms with Gasteiger partial charge in [-0.1, -0.05) is 0 Å². The van der Waals surface area contributed by atoms with E-state index in [-0.39, 0.29) is 18.2 Å². The molecular weight excluding hydrogens is 295 g/mol. The van der Waals surface area contributed by atoms with E-state index in [0.29, 0.717) is 0 Å². The monoisotopic (exact) mass is 312 g/mol. The Morgan fingerprint density at radius 1 is 1.29 bits per heavy atom. The second-order valence-electron chi connectivity index (χ2n) is 3.52. The molecule has 8 heteroatoms. The Morgan fingerprint density at radius 2 is 1.82 bits per heavy atom. The van der Waals surface area contributed by atoms with E-state index in [2.05, 4.69) is 16.0 Å². The topological polar surface area (TPSA) is 121 Å². The summed E-state index contributed by atoms with van der Waals surface area (Å²) in [6.45, 7) is 0. The standard InChI is InChI=1S/C9H16N2O5Se/c1-11(6(4-17)9(15)16)7(12)3-2-5(10)8(13)14/h5-6,17H,2-4,10H2,1H3,(H,13,14)(H,15,16). The van der Waals surface area contributed by atoms with E-state index in [0.717, 1.165) is 4.90 Å². The van der Waals surface area contributed by atoms with Crippen LogP contribution >= 0.6 is 0 Å². The van der Waals surface area contributed by atoms with Gasteiger partial charge >= 0.3 is 106 Å². The van der Waals surface area contributed by atoms with Crippen LogP contribution in [0.4, 0.5) is 0 Å². The molecule has 2 unspecified atom stereocenters. The molecule has 0 heterocycles. The molecule has 17 heavy (non-hydrogen) atoms. The average Bonchev–Trinajstić information content (AvgIpc) is 2.25. The van der Waals surface area contributed by atoms with Gasteiger partial charge in [0.1, 0.15) is 0 Å². The fraction of sp³-hybridized carbons (Fsp3) is 0.667. The molecule has 0 aromatic rings. The molecule has 0 aliphatic carbocycles. The molecule has 7 nitrogen and oxygen atoms in total. The Morgan fingerprint density at radius 3 is 2.18 bits per heavy atom. The van der Waals surface area contributed by atoms with Gasteiger partial charge in [0.05, 0.1) is 0 Å². The van der Waals surface area contributed by atoms with Crippen molar-refractivity contribution >= 4 is 33.9 Å². The van der Waals surface area contributed by atoms with Gasteiger partial charge in [-0.2, -0.15) is 0 Å². The number of hydrogen-bond acceptors (Lipinski definition) is 4. The van der Waals surface area contributed by atoms with Crippen LogP contribution < -0.4 is 5.73 Å². The second-order valence-corrected chi connectivity index (χ2v) is 4.29. The maximum absolute atomic E-state index is 11.6. The normalized spacial score (nSPS) is 13.8. The quantitative estimate of drug-likeness (QED) is 0.487. The third-order valence-corrected chi connectivity index (χ3v) is 3.03. The van der Waals surface area contributed by atoms with Crippen LogP contribution in [0.2, 0.25) is 5.32 Å². The first-order valence-corrected chi connectivity index (χ1v) is 6.21. The zero-order valence-corrected chi connectivity index (χ0v) is 11.2. The van der Waals surface area contributed by atoms with Crippen molar-refractivity contribution in [3.63, 3.8) is 0 Å². The van der Waals surface area contributed by atoms with Crippen molar-refractivity contribution in [2.45, 2.75) is 30.2 Å². The summed E-state index contributed by atoms with van der Waals surface area (Å²) in [6, 6.07) is -2.02. The molecule has 2 atom stereocenters. The molecule has 0 rings (SSSR count). The van der Waals surface area contributed by atoms with Crippen LogP contribution in [0, 0.1) is 0 Å². The van der Waals surface area contributed by atoms with Gasteiger partial charge in [0.2, 0.25) is 0 Å². The zero-order valence-electron chi connectivity index (χ0n) is 9.37. The summed E-state index contributed by atoms with van der Waals surface area (Å²) in [6.07, 6.45) is -0.0931. The third-order valence-electron chi connectivity index (χ3n) is 2.31. The van der Waals surface area contributed by atoms with Crippen molar-refractivity contribution in [3.8, 4) is 0 Å². The van der Waals surface area contributed by atoms with E-state index in [1.54, 1.807) is 0 Å². The minimum atomic E-state index is -1.18. The van der Waals surface area contributed by atoms with Crippen LogP contribution in [0.1, 0.15) is 12.8 Å². The van der Waals surface area contributed by atoms with Gasteiger partial charge in [-0.3, -0.25) is 0 Å². The fourth-order valence-electron chi connectivity index (χ4n) is 1.12. The summed E-state index contributed by atoms with van der Waals surface area (Å²) in [5.41, 5.74) is 5.24. The molecule has 0 fully saturated rings. The number of carboxylic acids is 2. The molecule has 0 aliphatic heterocycles. The number of carbonyl (C=O) groups is 3. The van der Waals surface area contributed by atoms with Crippen LogP contribution in [0.25, 0.3) is 0 Å². The maximum atomic E-state index is 11.6. The number of nitrogens with two attached hydrogens (primary N) is 1. The molecule has 0 aromatic heterocycles. The molecule has 0 spiro atoms. The van der Waals surface area contributed by atoms with E-state index in [4.69, 9.17) is 15.9 Å². The van der Waals surface area contributed by atoms with Crippen molar-refractivity contribution in [1.29, 1.82) is 0 Å². The molecule has 4 N–H and O–H groups in total. The summed E-state index contributed by atoms with van der Waals surface area (Å²) in [5.74, 6) is -2.70. The van der Waals surface area contributed by atoms with Gasteiger partial charge in [0.15, 0.2) is 0 Å². The Bertz CT molecular complexity index is 310. The molecule has 0 radical (unpaired) electrons. The van der Waals surface area contributed by atoms with Crippen molar-refractivity contribution in [2.24, 2.45) is 5.73 Å². The van der Waals surface area contributed by atoms with Crippen LogP contribution in [0.5, 0.6) is 0 Å². The van der Waals surface area contributed by atoms with E-state index in [1.165, 1.54) is 7.05 Å². The predicted molar refractivity (Wildman–Crippen MR) is 61.0 cm³/mol. The number of rotatable bonds is 7. The van der Waals surface area contributed by atoms with Crippen molar-refractivity contribution < 1.29 is 24.6 Å². The summed E-state index contributed by atoms with van der Waals surface area (Å²) in [7, 11) is 1.38. The summed E-state index contributed by atoms with van der Waals surface area (Å²) in [5, 5.41) is 17.6. The number of likely N-dealkylation sites (N-methyl/N-ethyl adjacent to an activating group) is 1. The Balaban J connectivity index is 4.31. The average molecular weight is 311 g/mol. The van der Waals surface area contributed by atoms with Gasteiger partial charge in [0.25, 0.3) is 0 Å². The van der Waals surface area contributed by atoms with E-state index in [9.17, 15) is 14.4 Å². The zero-order chi connectivity index (χ0) is 13.6. The van der Waals surface area contributed by atoms with E-state index in [1.807, 2.05) is 0 Å². The summed E-state index contributed by atoms with van der Waals surface area (Å²) < 4.78 is 0. The second kappa shape index (κ2) is 7.26. The van der Waals surface area contributed by atoms with Gasteiger partial charge < -0.3 is 0 Å². The minimum absolute atomic E-state index is 0.0105. The SMILES string of the molecule is CN(C(=O)CCC(N)C(=O)O)C(C[SeH])C(=O)O. The van der Waals surface area contributed by atoms with Crippen LogP contribution in [0.15, 0.2) is 0 Å². The first kappa shape index (κ1) is 15.9. The molecule has 0 saturated carbocycles. The van der Waals surface area contributed by atoms with Gasteiger partial charge in [0, 0.05) is 0 Å². The van der Waals surface area contributed by atoms with Crippen LogP contribution in [-0.2, 0) is 14.4 Å². The van der Waals surface area contributed by atoms with Gasteiger partial charge in [-0.05, 0) is 0 Å². The first-order chi connectivity index (χ1) is 7.81. The van der Waals surface area contributed by atoms with Gasteiger partial charge in [-0.15, -0.1) is 0 Å². The summed E-state index contributed by atoms with van der Waals surface area (Å²) in [4.78, 5) is 33.9. The molecule has 0 aliphatic rings. The number of carbonyl (C=O) groups excluding carboxylic acids is 1. The third kappa shape index (κ3) is 5.16. The van der Waals surface area contributed by atoms with Crippen molar-refractivity contribution in [3.05, 3.63) is 0 Å². The van der Waals surface area contributed by atoms with E-state index < -0.39 is 29.9 Å². The number of amides is 1. The first-order valence-electron chi connectivity index (χ1n) is 4.89. The van der Waals surface area contributed by atoms with Gasteiger partial charge in [-0.25, -0.2) is 0 Å². The van der Waals surface area contributed by atoms with Crippen molar-refractivity contribution in [2.75, 3.05) is 7.05 Å². The number of hydrogen-bond donors (Lipinski definition) is 3. The number of nitrogens with zero attached hydrogens (tertiary/aromatic N) is 1. The Kier molecular flexibility index (Phi) is 6.79. The molecule has 1 amide bonds. The number of aliphatic carboxylic acids is 2. The van der Waals surface area contributed by atoms with E-state index >= 15 is 0 Å². The Hall–Kier alpha value is -1.11. The molecule has 98 valence electrons. The molecule has 0 saturated heterocycles. The molecule has 0 aromatic carbocycles.